The van der Waals surface area contributed by atoms with E-state index >= 15 is 0 Å². The number of hydrogen-bond donors (Lipinski definition) is 0. The lowest BCUT2D eigenvalue weighted by molar-refractivity contribution is -0.685. The van der Waals surface area contributed by atoms with Crippen LogP contribution in [0.1, 0.15) is 19.8 Å². The third-order valence-electron chi connectivity index (χ3n) is 2.55. The van der Waals surface area contributed by atoms with Gasteiger partial charge in [0.25, 0.3) is 0 Å². The molecular weight excluding hydrogens is 146 g/mol. The van der Waals surface area contributed by atoms with Gasteiger partial charge in [-0.1, -0.05) is 5.57 Å². The van der Waals surface area contributed by atoms with Crippen molar-refractivity contribution >= 4 is 11.6 Å². The average Bonchev–Trinajstić information content (AvgIpc) is 2.07. The Hall–Kier alpha value is -1.11. The highest BCUT2D eigenvalue weighted by Crippen LogP contribution is 2.04. The molecule has 1 aromatic rings. The van der Waals surface area contributed by atoms with Crippen LogP contribution in [0.2, 0.25) is 0 Å². The molecule has 62 valence electrons. The van der Waals surface area contributed by atoms with Crippen molar-refractivity contribution in [3.63, 3.8) is 0 Å². The third kappa shape index (κ3) is 1.06. The highest BCUT2D eigenvalue weighted by Gasteiger charge is 2.05. The topological polar surface area (TPSA) is 3.88 Å². The van der Waals surface area contributed by atoms with Crippen molar-refractivity contribution in [2.75, 3.05) is 0 Å². The first-order valence-electron chi connectivity index (χ1n) is 4.43. The van der Waals surface area contributed by atoms with E-state index in [-0.39, 0.29) is 0 Å². The summed E-state index contributed by atoms with van der Waals surface area (Å²) in [6, 6.07) is 4.32. The minimum Gasteiger partial charge on any atom is -0.201 e. The molecule has 0 saturated heterocycles. The summed E-state index contributed by atoms with van der Waals surface area (Å²) in [5, 5.41) is 2.80. The zero-order chi connectivity index (χ0) is 8.55. The maximum Gasteiger partial charge on any atom is 0.208 e. The second kappa shape index (κ2) is 2.74. The number of rotatable bonds is 0. The van der Waals surface area contributed by atoms with Crippen molar-refractivity contribution in [2.24, 2.45) is 7.05 Å². The van der Waals surface area contributed by atoms with E-state index in [0.717, 1.165) is 0 Å². The lowest BCUT2D eigenvalue weighted by Crippen LogP contribution is -2.55. The normalized spacial score (nSPS) is 15.3. The maximum atomic E-state index is 2.32. The van der Waals surface area contributed by atoms with Crippen LogP contribution in [0, 0.1) is 0 Å². The van der Waals surface area contributed by atoms with Crippen LogP contribution in [0.4, 0.5) is 0 Å². The van der Waals surface area contributed by atoms with Crippen LogP contribution in [0.3, 0.4) is 0 Å². The van der Waals surface area contributed by atoms with Gasteiger partial charge in [0.2, 0.25) is 5.35 Å². The molecule has 0 amide bonds. The van der Waals surface area contributed by atoms with Crippen LogP contribution in [0.5, 0.6) is 0 Å². The molecule has 1 heterocycles. The highest BCUT2D eigenvalue weighted by atomic mass is 14.9. The summed E-state index contributed by atoms with van der Waals surface area (Å²) >= 11 is 0. The van der Waals surface area contributed by atoms with E-state index in [1.807, 2.05) is 0 Å². The van der Waals surface area contributed by atoms with Gasteiger partial charge in [-0.25, -0.2) is 4.57 Å². The summed E-state index contributed by atoms with van der Waals surface area (Å²) in [4.78, 5) is 0. The standard InChI is InChI=1S/C11H14N/c1-9-5-3-7-11-10(9)6-4-8-12(11)2/h4,6-8H,3,5H2,1-2H3/q+1. The van der Waals surface area contributed by atoms with Gasteiger partial charge in [-0.3, -0.25) is 0 Å². The number of fused-ring (bicyclic) bond motifs is 1. The molecule has 0 bridgehead atoms. The summed E-state index contributed by atoms with van der Waals surface area (Å²) in [6.45, 7) is 2.23. The molecule has 0 saturated carbocycles. The predicted octanol–water partition coefficient (Wildman–Crippen LogP) is 0.256. The van der Waals surface area contributed by atoms with E-state index in [4.69, 9.17) is 0 Å². The third-order valence-corrected chi connectivity index (χ3v) is 2.55. The van der Waals surface area contributed by atoms with Crippen LogP contribution in [0.15, 0.2) is 18.3 Å². The molecule has 0 aromatic carbocycles. The lowest BCUT2D eigenvalue weighted by atomic mass is 10.0. The first-order valence-corrected chi connectivity index (χ1v) is 4.43. The summed E-state index contributed by atoms with van der Waals surface area (Å²) < 4.78 is 2.19. The van der Waals surface area contributed by atoms with Crippen molar-refractivity contribution in [3.8, 4) is 0 Å². The van der Waals surface area contributed by atoms with Gasteiger partial charge in [-0.15, -0.1) is 0 Å². The SMILES string of the molecule is CC1=c2ccc[n+](C)c2=CCC1. The quantitative estimate of drug-likeness (QED) is 0.479. The highest BCUT2D eigenvalue weighted by molar-refractivity contribution is 5.46. The number of hydrogen-bond acceptors (Lipinski definition) is 0. The van der Waals surface area contributed by atoms with Gasteiger partial charge in [-0.2, -0.15) is 0 Å². The first-order chi connectivity index (χ1) is 5.79. The van der Waals surface area contributed by atoms with Crippen molar-refractivity contribution in [1.82, 2.24) is 0 Å². The summed E-state index contributed by atoms with van der Waals surface area (Å²) in [5.41, 5.74) is 1.52. The van der Waals surface area contributed by atoms with E-state index in [2.05, 4.69) is 42.9 Å². The first kappa shape index (κ1) is 7.53. The molecule has 1 aromatic heterocycles. The molecule has 0 spiro atoms. The Balaban J connectivity index is 2.93. The molecule has 1 heteroatoms. The van der Waals surface area contributed by atoms with Gasteiger partial charge in [0.15, 0.2) is 6.20 Å². The molecule has 0 fully saturated rings. The van der Waals surface area contributed by atoms with Crippen LogP contribution >= 0.6 is 0 Å². The predicted molar refractivity (Wildman–Crippen MR) is 49.6 cm³/mol. The fourth-order valence-corrected chi connectivity index (χ4v) is 1.80. The molecule has 0 unspecified atom stereocenters. The van der Waals surface area contributed by atoms with Crippen LogP contribution in [-0.4, -0.2) is 0 Å². The van der Waals surface area contributed by atoms with Crippen molar-refractivity contribution in [1.29, 1.82) is 0 Å². The molecule has 1 aliphatic carbocycles. The Labute approximate surface area is 72.7 Å². The van der Waals surface area contributed by atoms with E-state index in [1.54, 1.807) is 0 Å². The van der Waals surface area contributed by atoms with Crippen LogP contribution < -0.4 is 15.1 Å². The van der Waals surface area contributed by atoms with Gasteiger partial charge in [0.05, 0.1) is 0 Å². The molecule has 1 nitrogen and oxygen atoms in total. The summed E-state index contributed by atoms with van der Waals surface area (Å²) in [6.07, 6.45) is 6.84. The Morgan fingerprint density at radius 2 is 2.25 bits per heavy atom. The second-order valence-corrected chi connectivity index (χ2v) is 3.44. The van der Waals surface area contributed by atoms with Crippen molar-refractivity contribution < 1.29 is 4.57 Å². The number of nitrogens with zero attached hydrogens (tertiary/aromatic N) is 1. The molecule has 12 heavy (non-hydrogen) atoms. The largest absolute Gasteiger partial charge is 0.208 e. The van der Waals surface area contributed by atoms with Gasteiger partial charge < -0.3 is 0 Å². The van der Waals surface area contributed by atoms with Crippen LogP contribution in [0.25, 0.3) is 11.6 Å². The molecule has 0 aliphatic heterocycles. The molecule has 1 aliphatic rings. The number of aromatic nitrogens is 1. The average molecular weight is 160 g/mol. The minimum absolute atomic E-state index is 1.19. The van der Waals surface area contributed by atoms with Crippen molar-refractivity contribution in [2.45, 2.75) is 19.8 Å². The maximum absolute atomic E-state index is 2.32. The van der Waals surface area contributed by atoms with E-state index in [1.165, 1.54) is 29.0 Å². The monoisotopic (exact) mass is 160 g/mol. The summed E-state index contributed by atoms with van der Waals surface area (Å²) in [7, 11) is 2.11. The lowest BCUT2D eigenvalue weighted by Gasteiger charge is -2.03. The summed E-state index contributed by atoms with van der Waals surface area (Å²) in [5.74, 6) is 0. The zero-order valence-electron chi connectivity index (χ0n) is 7.67. The van der Waals surface area contributed by atoms with Gasteiger partial charge in [0.1, 0.15) is 7.05 Å². The Morgan fingerprint density at radius 3 is 3.00 bits per heavy atom. The smallest absolute Gasteiger partial charge is 0.201 e. The van der Waals surface area contributed by atoms with Crippen LogP contribution in [-0.2, 0) is 7.05 Å². The van der Waals surface area contributed by atoms with Gasteiger partial charge in [-0.05, 0) is 31.9 Å². The van der Waals surface area contributed by atoms with Gasteiger partial charge in [0, 0.05) is 11.3 Å². The van der Waals surface area contributed by atoms with E-state index in [9.17, 15) is 0 Å². The van der Waals surface area contributed by atoms with E-state index in [0.29, 0.717) is 0 Å². The van der Waals surface area contributed by atoms with Gasteiger partial charge >= 0.3 is 0 Å². The molecular formula is C11H14N+. The molecule has 2 rings (SSSR count). The Morgan fingerprint density at radius 1 is 1.42 bits per heavy atom. The minimum atomic E-state index is 1.19. The molecule has 0 N–H and O–H groups in total. The molecule has 0 atom stereocenters. The molecule has 0 radical (unpaired) electrons. The fourth-order valence-electron chi connectivity index (χ4n) is 1.80. The fraction of sp³-hybridized carbons (Fsp3) is 0.364. The van der Waals surface area contributed by atoms with E-state index < -0.39 is 0 Å². The second-order valence-electron chi connectivity index (χ2n) is 3.44. The number of aryl methyl sites for hydroxylation is 1. The Bertz CT molecular complexity index is 415. The van der Waals surface area contributed by atoms with Crippen molar-refractivity contribution in [3.05, 3.63) is 28.9 Å². The number of pyridine rings is 1. The zero-order valence-corrected chi connectivity index (χ0v) is 7.67. The Kier molecular flexibility index (Phi) is 1.72.